The van der Waals surface area contributed by atoms with Crippen molar-refractivity contribution in [3.63, 3.8) is 0 Å². The smallest absolute Gasteiger partial charge is 0.205 e. The van der Waals surface area contributed by atoms with E-state index in [9.17, 15) is 0 Å². The minimum atomic E-state index is 0.657. The Labute approximate surface area is 97.4 Å². The molecule has 1 aliphatic carbocycles. The van der Waals surface area contributed by atoms with Gasteiger partial charge in [-0.3, -0.25) is 0 Å². The molecule has 2 N–H and O–H groups in total. The van der Waals surface area contributed by atoms with Gasteiger partial charge in [-0.2, -0.15) is 0 Å². The van der Waals surface area contributed by atoms with Crippen LogP contribution in [0, 0.1) is 0 Å². The highest BCUT2D eigenvalue weighted by Gasteiger charge is 2.21. The average molecular weight is 222 g/mol. The van der Waals surface area contributed by atoms with Crippen LogP contribution in [0.1, 0.15) is 38.6 Å². The molecular formula is C12H22N4. The number of nitrogens with two attached hydrogens (primary N) is 1. The van der Waals surface area contributed by atoms with E-state index in [-0.39, 0.29) is 0 Å². The summed E-state index contributed by atoms with van der Waals surface area (Å²) in [6, 6.07) is 0.657. The predicted octanol–water partition coefficient (Wildman–Crippen LogP) is 1.78. The fraction of sp³-hybridized carbons (Fsp3) is 0.750. The van der Waals surface area contributed by atoms with Crippen LogP contribution < -0.4 is 10.6 Å². The minimum absolute atomic E-state index is 0.657. The lowest BCUT2D eigenvalue weighted by molar-refractivity contribution is 0.513. The zero-order valence-corrected chi connectivity index (χ0v) is 10.1. The van der Waals surface area contributed by atoms with E-state index >= 15 is 0 Å². The summed E-state index contributed by atoms with van der Waals surface area (Å²) in [4.78, 5) is 6.75. The molecule has 2 rings (SSSR count). The fourth-order valence-electron chi connectivity index (χ4n) is 2.57. The Morgan fingerprint density at radius 2 is 2.25 bits per heavy atom. The molecule has 1 aromatic rings. The van der Waals surface area contributed by atoms with Crippen molar-refractivity contribution in [2.75, 3.05) is 24.5 Å². The zero-order chi connectivity index (χ0) is 11.4. The molecule has 0 unspecified atom stereocenters. The largest absolute Gasteiger partial charge is 0.341 e. The second-order valence-electron chi connectivity index (χ2n) is 4.44. The van der Waals surface area contributed by atoms with Crippen LogP contribution in [0.15, 0.2) is 12.4 Å². The van der Waals surface area contributed by atoms with E-state index in [4.69, 9.17) is 5.73 Å². The molecule has 0 amide bonds. The Kier molecular flexibility index (Phi) is 3.83. The molecule has 1 saturated carbocycles. The number of imidazole rings is 1. The maximum Gasteiger partial charge on any atom is 0.205 e. The van der Waals surface area contributed by atoms with Crippen molar-refractivity contribution in [2.45, 2.75) is 38.6 Å². The lowest BCUT2D eigenvalue weighted by Gasteiger charge is -2.24. The summed E-state index contributed by atoms with van der Waals surface area (Å²) in [6.07, 6.45) is 9.32. The molecule has 1 fully saturated rings. The van der Waals surface area contributed by atoms with Gasteiger partial charge in [-0.1, -0.05) is 12.8 Å². The van der Waals surface area contributed by atoms with Gasteiger partial charge in [0, 0.05) is 38.1 Å². The molecule has 1 aromatic heterocycles. The second-order valence-corrected chi connectivity index (χ2v) is 4.44. The van der Waals surface area contributed by atoms with E-state index in [1.165, 1.54) is 25.7 Å². The molecule has 0 aliphatic heterocycles. The van der Waals surface area contributed by atoms with Crippen LogP contribution in [0.5, 0.6) is 0 Å². The van der Waals surface area contributed by atoms with E-state index in [1.54, 1.807) is 0 Å². The molecule has 90 valence electrons. The van der Waals surface area contributed by atoms with Crippen LogP contribution >= 0.6 is 0 Å². The highest BCUT2D eigenvalue weighted by atomic mass is 15.3. The first-order valence-corrected chi connectivity index (χ1v) is 6.34. The van der Waals surface area contributed by atoms with Crippen molar-refractivity contribution in [3.05, 3.63) is 12.4 Å². The first kappa shape index (κ1) is 11.5. The van der Waals surface area contributed by atoms with E-state index in [0.29, 0.717) is 12.6 Å². The molecular weight excluding hydrogens is 200 g/mol. The molecule has 0 radical (unpaired) electrons. The molecule has 0 aromatic carbocycles. The fourth-order valence-corrected chi connectivity index (χ4v) is 2.57. The van der Waals surface area contributed by atoms with Gasteiger partial charge in [0.15, 0.2) is 0 Å². The summed E-state index contributed by atoms with van der Waals surface area (Å²) < 4.78 is 2.34. The van der Waals surface area contributed by atoms with Crippen LogP contribution in [0.4, 0.5) is 5.95 Å². The number of aromatic nitrogens is 2. The maximum absolute atomic E-state index is 5.64. The van der Waals surface area contributed by atoms with Crippen LogP contribution in [-0.4, -0.2) is 29.2 Å². The van der Waals surface area contributed by atoms with Crippen molar-refractivity contribution in [1.82, 2.24) is 9.55 Å². The van der Waals surface area contributed by atoms with Gasteiger partial charge in [0.25, 0.3) is 0 Å². The molecule has 0 atom stereocenters. The molecule has 1 heterocycles. The van der Waals surface area contributed by atoms with Crippen molar-refractivity contribution in [1.29, 1.82) is 0 Å². The average Bonchev–Trinajstić information content (AvgIpc) is 2.94. The standard InChI is InChI=1S/C12H22N4/c1-2-15(9-7-13)12-14-8-10-16(12)11-5-3-4-6-11/h8,10-11H,2-7,9,13H2,1H3. The quantitative estimate of drug-likeness (QED) is 0.826. The van der Waals surface area contributed by atoms with Gasteiger partial charge in [0.1, 0.15) is 0 Å². The summed E-state index contributed by atoms with van der Waals surface area (Å²) in [7, 11) is 0. The van der Waals surface area contributed by atoms with Crippen molar-refractivity contribution in [2.24, 2.45) is 5.73 Å². The number of hydrogen-bond donors (Lipinski definition) is 1. The van der Waals surface area contributed by atoms with Crippen molar-refractivity contribution in [3.8, 4) is 0 Å². The molecule has 0 bridgehead atoms. The molecule has 16 heavy (non-hydrogen) atoms. The van der Waals surface area contributed by atoms with E-state index in [1.807, 2.05) is 6.20 Å². The monoisotopic (exact) mass is 222 g/mol. The summed E-state index contributed by atoms with van der Waals surface area (Å²) >= 11 is 0. The lowest BCUT2D eigenvalue weighted by atomic mass is 10.2. The third-order valence-electron chi connectivity index (χ3n) is 3.43. The first-order valence-electron chi connectivity index (χ1n) is 6.34. The van der Waals surface area contributed by atoms with Gasteiger partial charge in [-0.15, -0.1) is 0 Å². The number of likely N-dealkylation sites (N-methyl/N-ethyl adjacent to an activating group) is 1. The van der Waals surface area contributed by atoms with Crippen molar-refractivity contribution >= 4 is 5.95 Å². The highest BCUT2D eigenvalue weighted by Crippen LogP contribution is 2.32. The summed E-state index contributed by atoms with van der Waals surface area (Å²) in [5.74, 6) is 1.10. The zero-order valence-electron chi connectivity index (χ0n) is 10.1. The van der Waals surface area contributed by atoms with Crippen LogP contribution in [0.3, 0.4) is 0 Å². The maximum atomic E-state index is 5.64. The van der Waals surface area contributed by atoms with E-state index in [0.717, 1.165) is 19.0 Å². The van der Waals surface area contributed by atoms with Crippen molar-refractivity contribution < 1.29 is 0 Å². The van der Waals surface area contributed by atoms with E-state index in [2.05, 4.69) is 27.6 Å². The van der Waals surface area contributed by atoms with Gasteiger partial charge in [0.05, 0.1) is 0 Å². The number of anilines is 1. The Morgan fingerprint density at radius 1 is 1.50 bits per heavy atom. The molecule has 4 nitrogen and oxygen atoms in total. The lowest BCUT2D eigenvalue weighted by Crippen LogP contribution is -2.32. The number of nitrogens with zero attached hydrogens (tertiary/aromatic N) is 3. The number of hydrogen-bond acceptors (Lipinski definition) is 3. The number of rotatable bonds is 5. The Bertz CT molecular complexity index is 315. The second kappa shape index (κ2) is 5.34. The first-order chi connectivity index (χ1) is 7.86. The summed E-state index contributed by atoms with van der Waals surface area (Å²) in [5.41, 5.74) is 5.64. The minimum Gasteiger partial charge on any atom is -0.341 e. The SMILES string of the molecule is CCN(CCN)c1nccn1C1CCCC1. The third kappa shape index (κ3) is 2.21. The molecule has 0 saturated heterocycles. The Morgan fingerprint density at radius 3 is 2.88 bits per heavy atom. The van der Waals surface area contributed by atoms with Crippen LogP contribution in [0.25, 0.3) is 0 Å². The topological polar surface area (TPSA) is 47.1 Å². The highest BCUT2D eigenvalue weighted by molar-refractivity contribution is 5.31. The molecule has 1 aliphatic rings. The normalized spacial score (nSPS) is 16.9. The summed E-state index contributed by atoms with van der Waals surface area (Å²) in [5, 5.41) is 0. The van der Waals surface area contributed by atoms with Gasteiger partial charge in [0.2, 0.25) is 5.95 Å². The molecule has 4 heteroatoms. The Balaban J connectivity index is 2.16. The van der Waals surface area contributed by atoms with Gasteiger partial charge < -0.3 is 15.2 Å². The molecule has 0 spiro atoms. The van der Waals surface area contributed by atoms with Gasteiger partial charge in [-0.25, -0.2) is 4.98 Å². The van der Waals surface area contributed by atoms with Crippen LogP contribution in [0.2, 0.25) is 0 Å². The third-order valence-corrected chi connectivity index (χ3v) is 3.43. The predicted molar refractivity (Wildman–Crippen MR) is 66.7 cm³/mol. The Hall–Kier alpha value is -1.03. The van der Waals surface area contributed by atoms with Gasteiger partial charge >= 0.3 is 0 Å². The van der Waals surface area contributed by atoms with E-state index < -0.39 is 0 Å². The summed E-state index contributed by atoms with van der Waals surface area (Å²) in [6.45, 7) is 4.70. The van der Waals surface area contributed by atoms with Gasteiger partial charge in [-0.05, 0) is 19.8 Å². The van der Waals surface area contributed by atoms with Crippen LogP contribution in [-0.2, 0) is 0 Å².